The second-order valence-electron chi connectivity index (χ2n) is 5.29. The highest BCUT2D eigenvalue weighted by Crippen LogP contribution is 2.22. The van der Waals surface area contributed by atoms with Crippen molar-refractivity contribution < 1.29 is 14.7 Å². The molecule has 1 aromatic heterocycles. The molecule has 1 N–H and O–H groups in total. The molecule has 20 heavy (non-hydrogen) atoms. The molecular formula is C15H20N2O3. The van der Waals surface area contributed by atoms with Crippen LogP contribution in [0.2, 0.25) is 0 Å². The molecule has 0 radical (unpaired) electrons. The fourth-order valence-electron chi connectivity index (χ4n) is 2.59. The normalized spacial score (nSPS) is 16.1. The standard InChI is InChI=1S/C15H20N2O3/c18-14(11-13-3-7-16-8-4-13)17-9-5-12(6-10-17)1-2-15(19)20/h3-4,7-8,12H,1-2,5-6,9-11H2,(H,19,20). The Hall–Kier alpha value is -1.91. The average Bonchev–Trinajstić information content (AvgIpc) is 2.46. The van der Waals surface area contributed by atoms with Gasteiger partial charge in [0.1, 0.15) is 0 Å². The van der Waals surface area contributed by atoms with Crippen LogP contribution in [-0.4, -0.2) is 40.0 Å². The first kappa shape index (κ1) is 14.5. The number of carboxylic acid groups (broad SMARTS) is 1. The van der Waals surface area contributed by atoms with Gasteiger partial charge in [-0.2, -0.15) is 0 Å². The quantitative estimate of drug-likeness (QED) is 0.889. The van der Waals surface area contributed by atoms with E-state index in [0.29, 0.717) is 12.3 Å². The Morgan fingerprint density at radius 1 is 1.25 bits per heavy atom. The van der Waals surface area contributed by atoms with Crippen molar-refractivity contribution in [2.45, 2.75) is 32.1 Å². The summed E-state index contributed by atoms with van der Waals surface area (Å²) in [4.78, 5) is 28.5. The number of amides is 1. The zero-order valence-corrected chi connectivity index (χ0v) is 11.5. The number of pyridine rings is 1. The maximum Gasteiger partial charge on any atom is 0.303 e. The van der Waals surface area contributed by atoms with E-state index in [0.717, 1.165) is 37.9 Å². The smallest absolute Gasteiger partial charge is 0.303 e. The summed E-state index contributed by atoms with van der Waals surface area (Å²) in [6.45, 7) is 1.49. The molecule has 0 unspecified atom stereocenters. The SMILES string of the molecule is O=C(O)CCC1CCN(C(=O)Cc2ccncc2)CC1. The van der Waals surface area contributed by atoms with E-state index in [4.69, 9.17) is 5.11 Å². The van der Waals surface area contributed by atoms with Crippen LogP contribution in [0.5, 0.6) is 0 Å². The summed E-state index contributed by atoms with van der Waals surface area (Å²) >= 11 is 0. The summed E-state index contributed by atoms with van der Waals surface area (Å²) in [6, 6.07) is 3.72. The van der Waals surface area contributed by atoms with Gasteiger partial charge in [0, 0.05) is 31.9 Å². The molecule has 2 heterocycles. The number of aromatic nitrogens is 1. The maximum atomic E-state index is 12.2. The van der Waals surface area contributed by atoms with Gasteiger partial charge >= 0.3 is 5.97 Å². The van der Waals surface area contributed by atoms with Crippen LogP contribution < -0.4 is 0 Å². The number of carbonyl (C=O) groups is 2. The topological polar surface area (TPSA) is 70.5 Å². The van der Waals surface area contributed by atoms with Crippen molar-refractivity contribution >= 4 is 11.9 Å². The number of hydrogen-bond acceptors (Lipinski definition) is 3. The molecule has 5 heteroatoms. The number of carbonyl (C=O) groups excluding carboxylic acids is 1. The lowest BCUT2D eigenvalue weighted by Gasteiger charge is -2.32. The molecule has 0 aromatic carbocycles. The van der Waals surface area contributed by atoms with Crippen LogP contribution in [0.15, 0.2) is 24.5 Å². The number of rotatable bonds is 5. The molecule has 1 saturated heterocycles. The third kappa shape index (κ3) is 4.33. The Balaban J connectivity index is 1.76. The van der Waals surface area contributed by atoms with Crippen LogP contribution >= 0.6 is 0 Å². The summed E-state index contributed by atoms with van der Waals surface area (Å²) in [5.41, 5.74) is 0.984. The molecule has 1 aliphatic rings. The van der Waals surface area contributed by atoms with Crippen LogP contribution in [0.4, 0.5) is 0 Å². The summed E-state index contributed by atoms with van der Waals surface area (Å²) in [5.74, 6) is -0.148. The molecule has 1 aliphatic heterocycles. The number of aliphatic carboxylic acids is 1. The second-order valence-corrected chi connectivity index (χ2v) is 5.29. The van der Waals surface area contributed by atoms with Crippen molar-refractivity contribution in [2.24, 2.45) is 5.92 Å². The van der Waals surface area contributed by atoms with Crippen LogP contribution in [0, 0.1) is 5.92 Å². The van der Waals surface area contributed by atoms with Gasteiger partial charge in [-0.3, -0.25) is 14.6 Å². The Labute approximate surface area is 118 Å². The molecule has 108 valence electrons. The van der Waals surface area contributed by atoms with Crippen molar-refractivity contribution in [1.82, 2.24) is 9.88 Å². The molecule has 0 atom stereocenters. The maximum absolute atomic E-state index is 12.2. The van der Waals surface area contributed by atoms with E-state index < -0.39 is 5.97 Å². The van der Waals surface area contributed by atoms with E-state index in [2.05, 4.69) is 4.98 Å². The Morgan fingerprint density at radius 2 is 1.90 bits per heavy atom. The van der Waals surface area contributed by atoms with Crippen molar-refractivity contribution in [2.75, 3.05) is 13.1 Å². The first-order valence-electron chi connectivity index (χ1n) is 7.03. The number of nitrogens with zero attached hydrogens (tertiary/aromatic N) is 2. The summed E-state index contributed by atoms with van der Waals surface area (Å²) in [5, 5.41) is 8.68. The fourth-order valence-corrected chi connectivity index (χ4v) is 2.59. The largest absolute Gasteiger partial charge is 0.481 e. The highest BCUT2D eigenvalue weighted by atomic mass is 16.4. The third-order valence-corrected chi connectivity index (χ3v) is 3.84. The molecular weight excluding hydrogens is 256 g/mol. The van der Waals surface area contributed by atoms with Crippen LogP contribution in [0.3, 0.4) is 0 Å². The van der Waals surface area contributed by atoms with E-state index >= 15 is 0 Å². The first-order chi connectivity index (χ1) is 9.65. The van der Waals surface area contributed by atoms with Crippen molar-refractivity contribution in [3.8, 4) is 0 Å². The van der Waals surface area contributed by atoms with Gasteiger partial charge < -0.3 is 10.0 Å². The summed E-state index contributed by atoms with van der Waals surface area (Å²) < 4.78 is 0. The van der Waals surface area contributed by atoms with Gasteiger partial charge in [0.15, 0.2) is 0 Å². The number of piperidine rings is 1. The van der Waals surface area contributed by atoms with Crippen LogP contribution in [-0.2, 0) is 16.0 Å². The molecule has 0 aliphatic carbocycles. The average molecular weight is 276 g/mol. The highest BCUT2D eigenvalue weighted by Gasteiger charge is 2.23. The predicted molar refractivity (Wildman–Crippen MR) is 74.1 cm³/mol. The van der Waals surface area contributed by atoms with Gasteiger partial charge in [-0.15, -0.1) is 0 Å². The lowest BCUT2D eigenvalue weighted by Crippen LogP contribution is -2.39. The molecule has 5 nitrogen and oxygen atoms in total. The lowest BCUT2D eigenvalue weighted by atomic mass is 9.92. The molecule has 0 bridgehead atoms. The van der Waals surface area contributed by atoms with Crippen molar-refractivity contribution in [1.29, 1.82) is 0 Å². The number of likely N-dealkylation sites (tertiary alicyclic amines) is 1. The molecule has 0 spiro atoms. The fraction of sp³-hybridized carbons (Fsp3) is 0.533. The Kier molecular flexibility index (Phi) is 5.09. The minimum Gasteiger partial charge on any atom is -0.481 e. The lowest BCUT2D eigenvalue weighted by molar-refractivity contribution is -0.138. The first-order valence-corrected chi connectivity index (χ1v) is 7.03. The van der Waals surface area contributed by atoms with Gasteiger partial charge in [0.05, 0.1) is 6.42 Å². The zero-order chi connectivity index (χ0) is 14.4. The van der Waals surface area contributed by atoms with Crippen LogP contribution in [0.1, 0.15) is 31.2 Å². The minimum absolute atomic E-state index is 0.146. The highest BCUT2D eigenvalue weighted by molar-refractivity contribution is 5.78. The van der Waals surface area contributed by atoms with Gasteiger partial charge in [0.2, 0.25) is 5.91 Å². The van der Waals surface area contributed by atoms with Crippen molar-refractivity contribution in [3.63, 3.8) is 0 Å². The Morgan fingerprint density at radius 3 is 2.50 bits per heavy atom. The van der Waals surface area contributed by atoms with Crippen LogP contribution in [0.25, 0.3) is 0 Å². The van der Waals surface area contributed by atoms with Crippen molar-refractivity contribution in [3.05, 3.63) is 30.1 Å². The molecule has 2 rings (SSSR count). The van der Waals surface area contributed by atoms with Gasteiger partial charge in [-0.05, 0) is 42.9 Å². The van der Waals surface area contributed by atoms with Gasteiger partial charge in [0.25, 0.3) is 0 Å². The molecule has 1 fully saturated rings. The minimum atomic E-state index is -0.735. The number of carboxylic acids is 1. The molecule has 1 amide bonds. The molecule has 0 saturated carbocycles. The predicted octanol–water partition coefficient (Wildman–Crippen LogP) is 1.73. The van der Waals surface area contributed by atoms with E-state index in [1.54, 1.807) is 12.4 Å². The van der Waals surface area contributed by atoms with E-state index in [9.17, 15) is 9.59 Å². The number of hydrogen-bond donors (Lipinski definition) is 1. The van der Waals surface area contributed by atoms with Gasteiger partial charge in [-0.1, -0.05) is 0 Å². The second kappa shape index (κ2) is 7.03. The van der Waals surface area contributed by atoms with E-state index in [1.807, 2.05) is 17.0 Å². The monoisotopic (exact) mass is 276 g/mol. The Bertz CT molecular complexity index is 453. The summed E-state index contributed by atoms with van der Waals surface area (Å²) in [6.07, 6.45) is 6.59. The van der Waals surface area contributed by atoms with Gasteiger partial charge in [-0.25, -0.2) is 0 Å². The molecule has 1 aromatic rings. The third-order valence-electron chi connectivity index (χ3n) is 3.84. The summed E-state index contributed by atoms with van der Waals surface area (Å²) in [7, 11) is 0. The zero-order valence-electron chi connectivity index (χ0n) is 11.5. The van der Waals surface area contributed by atoms with E-state index in [-0.39, 0.29) is 12.3 Å². The van der Waals surface area contributed by atoms with E-state index in [1.165, 1.54) is 0 Å².